The normalized spacial score (nSPS) is 28.3. The summed E-state index contributed by atoms with van der Waals surface area (Å²) in [5.41, 5.74) is -0.385. The van der Waals surface area contributed by atoms with Crippen LogP contribution in [0, 0.1) is 11.3 Å². The first-order chi connectivity index (χ1) is 10.9. The van der Waals surface area contributed by atoms with Gasteiger partial charge in [0.15, 0.2) is 6.29 Å². The Labute approximate surface area is 135 Å². The number of allylic oxidation sites excluding steroid dienone is 2. The summed E-state index contributed by atoms with van der Waals surface area (Å²) in [6.45, 7) is 4.50. The van der Waals surface area contributed by atoms with E-state index in [1.807, 2.05) is 6.92 Å². The maximum atomic E-state index is 11.9. The zero-order valence-electron chi connectivity index (χ0n) is 13.6. The number of hydrogen-bond donors (Lipinski definition) is 2. The van der Waals surface area contributed by atoms with Crippen LogP contribution < -0.4 is 0 Å². The molecule has 0 spiro atoms. The molecule has 2 N–H and O–H groups in total. The lowest BCUT2D eigenvalue weighted by Gasteiger charge is -2.36. The fourth-order valence-electron chi connectivity index (χ4n) is 3.19. The molecule has 6 nitrogen and oxygen atoms in total. The van der Waals surface area contributed by atoms with Crippen LogP contribution in [0.5, 0.6) is 0 Å². The molecule has 1 saturated heterocycles. The van der Waals surface area contributed by atoms with Crippen molar-refractivity contribution in [1.82, 2.24) is 0 Å². The van der Waals surface area contributed by atoms with Gasteiger partial charge in [0.05, 0.1) is 18.6 Å². The summed E-state index contributed by atoms with van der Waals surface area (Å²) in [7, 11) is 0. The van der Waals surface area contributed by atoms with E-state index < -0.39 is 29.6 Å². The number of carbonyl (C=O) groups is 2. The molecule has 0 aromatic rings. The Morgan fingerprint density at radius 1 is 1.30 bits per heavy atom. The predicted molar refractivity (Wildman–Crippen MR) is 82.9 cm³/mol. The van der Waals surface area contributed by atoms with Crippen LogP contribution in [0.3, 0.4) is 0 Å². The highest BCUT2D eigenvalue weighted by Gasteiger charge is 2.47. The maximum Gasteiger partial charge on any atom is 0.332 e. The summed E-state index contributed by atoms with van der Waals surface area (Å²) in [5, 5.41) is 19.4. The second-order valence-electron chi connectivity index (χ2n) is 6.23. The van der Waals surface area contributed by atoms with Gasteiger partial charge in [-0.25, -0.2) is 4.79 Å². The molecule has 23 heavy (non-hydrogen) atoms. The van der Waals surface area contributed by atoms with Crippen molar-refractivity contribution in [1.29, 1.82) is 0 Å². The largest absolute Gasteiger partial charge is 0.481 e. The number of rotatable bonds is 7. The van der Waals surface area contributed by atoms with Crippen molar-refractivity contribution in [2.45, 2.75) is 45.8 Å². The topological polar surface area (TPSA) is 93.1 Å². The maximum absolute atomic E-state index is 11.9. The van der Waals surface area contributed by atoms with Crippen molar-refractivity contribution in [3.05, 3.63) is 23.3 Å². The lowest BCUT2D eigenvalue weighted by Crippen LogP contribution is -2.41. The Morgan fingerprint density at radius 3 is 2.48 bits per heavy atom. The van der Waals surface area contributed by atoms with Gasteiger partial charge in [-0.1, -0.05) is 25.5 Å². The quantitative estimate of drug-likeness (QED) is 0.748. The van der Waals surface area contributed by atoms with Gasteiger partial charge in [-0.05, 0) is 25.3 Å². The van der Waals surface area contributed by atoms with Crippen LogP contribution in [0.1, 0.15) is 39.5 Å². The third kappa shape index (κ3) is 3.64. The van der Waals surface area contributed by atoms with E-state index in [1.165, 1.54) is 0 Å². The monoisotopic (exact) mass is 324 g/mol. The van der Waals surface area contributed by atoms with Gasteiger partial charge in [-0.2, -0.15) is 0 Å². The Bertz CT molecular complexity index is 529. The van der Waals surface area contributed by atoms with Gasteiger partial charge in [0, 0.05) is 17.9 Å². The molecule has 2 unspecified atom stereocenters. The first-order valence-electron chi connectivity index (χ1n) is 8.02. The smallest absolute Gasteiger partial charge is 0.332 e. The minimum Gasteiger partial charge on any atom is -0.481 e. The van der Waals surface area contributed by atoms with E-state index in [0.29, 0.717) is 25.2 Å². The summed E-state index contributed by atoms with van der Waals surface area (Å²) < 4.78 is 10.8. The highest BCUT2D eigenvalue weighted by Crippen LogP contribution is 2.44. The van der Waals surface area contributed by atoms with Crippen molar-refractivity contribution in [2.24, 2.45) is 11.3 Å². The molecule has 2 aliphatic rings. The van der Waals surface area contributed by atoms with Crippen LogP contribution in [-0.2, 0) is 19.1 Å². The molecule has 2 rings (SSSR count). The highest BCUT2D eigenvalue weighted by atomic mass is 16.7. The number of carboxylic acid groups (broad SMARTS) is 2. The minimum atomic E-state index is -1.28. The van der Waals surface area contributed by atoms with Crippen LogP contribution in [-0.4, -0.2) is 41.7 Å². The summed E-state index contributed by atoms with van der Waals surface area (Å²) in [4.78, 5) is 23.7. The van der Waals surface area contributed by atoms with E-state index in [-0.39, 0.29) is 12.0 Å². The Balaban J connectivity index is 2.39. The van der Waals surface area contributed by atoms with E-state index >= 15 is 0 Å². The number of carboxylic acids is 2. The van der Waals surface area contributed by atoms with Crippen LogP contribution >= 0.6 is 0 Å². The van der Waals surface area contributed by atoms with E-state index in [2.05, 4.69) is 0 Å². The number of aliphatic carboxylic acids is 2. The first kappa shape index (κ1) is 17.7. The number of hydrogen-bond acceptors (Lipinski definition) is 4. The number of unbranched alkanes of at least 4 members (excludes halogenated alkanes) is 1. The van der Waals surface area contributed by atoms with E-state index in [9.17, 15) is 19.8 Å². The fourth-order valence-corrected chi connectivity index (χ4v) is 3.19. The molecule has 1 aliphatic heterocycles. The molecule has 0 radical (unpaired) electrons. The van der Waals surface area contributed by atoms with Gasteiger partial charge in [0.25, 0.3) is 0 Å². The Kier molecular flexibility index (Phi) is 5.59. The van der Waals surface area contributed by atoms with Gasteiger partial charge in [-0.3, -0.25) is 4.79 Å². The lowest BCUT2D eigenvalue weighted by atomic mass is 9.66. The van der Waals surface area contributed by atoms with Gasteiger partial charge in [0.1, 0.15) is 0 Å². The molecule has 0 bridgehead atoms. The molecule has 6 heteroatoms. The molecule has 1 fully saturated rings. The van der Waals surface area contributed by atoms with Crippen molar-refractivity contribution < 1.29 is 29.3 Å². The standard InChI is InChI=1S/C17H24O6/c1-3-4-5-11-6-7-17(2,16(20)21)12(14(11)15(18)19)10-13-22-8-9-23-13/h6-7,12-13H,3-5,8-10H2,1-2H3,(H,18,19)(H,20,21). The lowest BCUT2D eigenvalue weighted by molar-refractivity contribution is -0.150. The van der Waals surface area contributed by atoms with E-state index in [0.717, 1.165) is 12.8 Å². The molecular formula is C17H24O6. The average Bonchev–Trinajstić information content (AvgIpc) is 3.00. The van der Waals surface area contributed by atoms with Crippen molar-refractivity contribution in [2.75, 3.05) is 13.2 Å². The third-order valence-corrected chi connectivity index (χ3v) is 4.66. The summed E-state index contributed by atoms with van der Waals surface area (Å²) >= 11 is 0. The molecule has 0 amide bonds. The molecule has 1 heterocycles. The van der Waals surface area contributed by atoms with Crippen molar-refractivity contribution in [3.8, 4) is 0 Å². The van der Waals surface area contributed by atoms with Crippen LogP contribution in [0.4, 0.5) is 0 Å². The van der Waals surface area contributed by atoms with Crippen LogP contribution in [0.25, 0.3) is 0 Å². The van der Waals surface area contributed by atoms with E-state index in [1.54, 1.807) is 19.1 Å². The Morgan fingerprint density at radius 2 is 1.96 bits per heavy atom. The van der Waals surface area contributed by atoms with Gasteiger partial charge in [0.2, 0.25) is 0 Å². The fraction of sp³-hybridized carbons (Fsp3) is 0.647. The zero-order chi connectivity index (χ0) is 17.0. The third-order valence-electron chi connectivity index (χ3n) is 4.66. The van der Waals surface area contributed by atoms with Crippen LogP contribution in [0.2, 0.25) is 0 Å². The predicted octanol–water partition coefficient (Wildman–Crippen LogP) is 2.60. The molecule has 128 valence electrons. The van der Waals surface area contributed by atoms with Crippen molar-refractivity contribution in [3.63, 3.8) is 0 Å². The van der Waals surface area contributed by atoms with E-state index in [4.69, 9.17) is 9.47 Å². The highest BCUT2D eigenvalue weighted by molar-refractivity contribution is 5.92. The first-order valence-corrected chi connectivity index (χ1v) is 8.02. The second kappa shape index (κ2) is 7.27. The second-order valence-corrected chi connectivity index (χ2v) is 6.23. The van der Waals surface area contributed by atoms with Gasteiger partial charge < -0.3 is 19.7 Å². The average molecular weight is 324 g/mol. The molecule has 0 aromatic heterocycles. The molecule has 0 saturated carbocycles. The number of ether oxygens (including phenoxy) is 2. The van der Waals surface area contributed by atoms with Crippen molar-refractivity contribution >= 4 is 11.9 Å². The summed E-state index contributed by atoms with van der Waals surface area (Å²) in [5.74, 6) is -2.78. The zero-order valence-corrected chi connectivity index (χ0v) is 13.6. The molecular weight excluding hydrogens is 300 g/mol. The summed E-state index contributed by atoms with van der Waals surface area (Å²) in [6.07, 6.45) is 5.40. The SMILES string of the molecule is CCCCC1=C(C(=O)O)C(CC2OCCO2)C(C)(C(=O)O)C=C1. The minimum absolute atomic E-state index is 0.185. The van der Waals surface area contributed by atoms with Crippen LogP contribution in [0.15, 0.2) is 23.3 Å². The molecule has 1 aliphatic carbocycles. The van der Waals surface area contributed by atoms with Gasteiger partial charge in [-0.15, -0.1) is 0 Å². The summed E-state index contributed by atoms with van der Waals surface area (Å²) in [6, 6.07) is 0. The van der Waals surface area contributed by atoms with Gasteiger partial charge >= 0.3 is 11.9 Å². The molecule has 2 atom stereocenters. The Hall–Kier alpha value is -1.66. The molecule has 0 aromatic carbocycles.